The summed E-state index contributed by atoms with van der Waals surface area (Å²) in [6.45, 7) is 0.0154. The number of nitrogens with one attached hydrogen (secondary N) is 1. The predicted molar refractivity (Wildman–Crippen MR) is 75.0 cm³/mol. The number of hydrogen-bond donors (Lipinski definition) is 3. The first-order valence-corrected chi connectivity index (χ1v) is 5.99. The maximum absolute atomic E-state index is 11.9. The molecule has 0 aliphatic heterocycles. The molecular weight excluding hydrogens is 280 g/mol. The van der Waals surface area contributed by atoms with E-state index in [1.165, 1.54) is 33.5 Å². The number of ether oxygens (including phenoxy) is 3. The van der Waals surface area contributed by atoms with Crippen LogP contribution in [0.4, 0.5) is 5.69 Å². The number of methoxy groups -OCH3 is 3. The van der Waals surface area contributed by atoms with E-state index in [9.17, 15) is 14.7 Å². The van der Waals surface area contributed by atoms with Gasteiger partial charge in [0.1, 0.15) is 6.04 Å². The Morgan fingerprint density at radius 2 is 1.81 bits per heavy atom. The van der Waals surface area contributed by atoms with E-state index in [2.05, 4.69) is 5.32 Å². The average Bonchev–Trinajstić information content (AvgIpc) is 2.46. The first-order chi connectivity index (χ1) is 9.94. The Bertz CT molecular complexity index is 532. The van der Waals surface area contributed by atoms with E-state index in [0.717, 1.165) is 0 Å². The lowest BCUT2D eigenvalue weighted by Gasteiger charge is -2.15. The zero-order valence-corrected chi connectivity index (χ0v) is 12.0. The van der Waals surface area contributed by atoms with E-state index in [-0.39, 0.29) is 29.4 Å². The maximum Gasteiger partial charge on any atom is 0.337 e. The first-order valence-electron chi connectivity index (χ1n) is 5.99. The largest absolute Gasteiger partial charge is 0.493 e. The van der Waals surface area contributed by atoms with Crippen molar-refractivity contribution < 1.29 is 28.9 Å². The molecule has 116 valence electrons. The molecule has 4 N–H and O–H groups in total. The summed E-state index contributed by atoms with van der Waals surface area (Å²) in [5.74, 6) is -1.25. The number of carbonyl (C=O) groups is 2. The Labute approximate surface area is 121 Å². The van der Waals surface area contributed by atoms with Gasteiger partial charge >= 0.3 is 5.97 Å². The predicted octanol–water partition coefficient (Wildman–Crippen LogP) is 0.314. The van der Waals surface area contributed by atoms with Crippen molar-refractivity contribution in [2.45, 2.75) is 6.04 Å². The standard InChI is InChI=1S/C13H18N2O6/c1-19-6-8(14)12(16)15-9-5-11(21-3)10(20-2)4-7(9)13(17)18/h4-5,8H,6,14H2,1-3H3,(H,15,16)(H,17,18). The molecule has 1 rings (SSSR count). The second-order valence-electron chi connectivity index (χ2n) is 4.11. The van der Waals surface area contributed by atoms with Gasteiger partial charge in [0, 0.05) is 19.2 Å². The summed E-state index contributed by atoms with van der Waals surface area (Å²) in [6, 6.07) is 1.71. The van der Waals surface area contributed by atoms with Gasteiger partial charge in [-0.1, -0.05) is 0 Å². The smallest absolute Gasteiger partial charge is 0.337 e. The van der Waals surface area contributed by atoms with Gasteiger partial charge < -0.3 is 30.4 Å². The van der Waals surface area contributed by atoms with E-state index in [1.807, 2.05) is 0 Å². The fourth-order valence-corrected chi connectivity index (χ4v) is 1.64. The molecule has 1 amide bonds. The Morgan fingerprint density at radius 3 is 2.29 bits per heavy atom. The van der Waals surface area contributed by atoms with Crippen LogP contribution in [0, 0.1) is 0 Å². The van der Waals surface area contributed by atoms with Crippen LogP contribution in [0.2, 0.25) is 0 Å². The number of carboxylic acids is 1. The molecule has 1 aromatic rings. The number of carboxylic acid groups (broad SMARTS) is 1. The lowest BCUT2D eigenvalue weighted by molar-refractivity contribution is -0.118. The minimum Gasteiger partial charge on any atom is -0.493 e. The molecule has 21 heavy (non-hydrogen) atoms. The van der Waals surface area contributed by atoms with E-state index >= 15 is 0 Å². The summed E-state index contributed by atoms with van der Waals surface area (Å²) in [4.78, 5) is 23.1. The van der Waals surface area contributed by atoms with Gasteiger partial charge in [-0.2, -0.15) is 0 Å². The lowest BCUT2D eigenvalue weighted by Crippen LogP contribution is -2.39. The van der Waals surface area contributed by atoms with Crippen LogP contribution in [0.25, 0.3) is 0 Å². The number of nitrogens with two attached hydrogens (primary N) is 1. The van der Waals surface area contributed by atoms with E-state index in [0.29, 0.717) is 0 Å². The number of amides is 1. The number of benzene rings is 1. The molecule has 8 nitrogen and oxygen atoms in total. The number of hydrogen-bond acceptors (Lipinski definition) is 6. The highest BCUT2D eigenvalue weighted by atomic mass is 16.5. The molecule has 1 aromatic carbocycles. The Balaban J connectivity index is 3.15. The van der Waals surface area contributed by atoms with Gasteiger partial charge in [-0.05, 0) is 0 Å². The van der Waals surface area contributed by atoms with Crippen molar-refractivity contribution in [1.82, 2.24) is 0 Å². The molecule has 1 unspecified atom stereocenters. The van der Waals surface area contributed by atoms with Crippen LogP contribution >= 0.6 is 0 Å². The quantitative estimate of drug-likeness (QED) is 0.662. The fraction of sp³-hybridized carbons (Fsp3) is 0.385. The molecule has 1 atom stereocenters. The minimum atomic E-state index is -1.22. The van der Waals surface area contributed by atoms with Crippen LogP contribution < -0.4 is 20.5 Å². The third-order valence-corrected chi connectivity index (χ3v) is 2.69. The highest BCUT2D eigenvalue weighted by Gasteiger charge is 2.20. The number of rotatable bonds is 7. The topological polar surface area (TPSA) is 120 Å². The van der Waals surface area contributed by atoms with Crippen molar-refractivity contribution in [3.05, 3.63) is 17.7 Å². The monoisotopic (exact) mass is 298 g/mol. The van der Waals surface area contributed by atoms with Gasteiger partial charge in [0.25, 0.3) is 0 Å². The van der Waals surface area contributed by atoms with Crippen molar-refractivity contribution in [2.75, 3.05) is 33.3 Å². The van der Waals surface area contributed by atoms with Crippen molar-refractivity contribution in [1.29, 1.82) is 0 Å². The summed E-state index contributed by atoms with van der Waals surface area (Å²) in [7, 11) is 4.20. The van der Waals surface area contributed by atoms with Gasteiger partial charge in [0.15, 0.2) is 11.5 Å². The van der Waals surface area contributed by atoms with Crippen LogP contribution in [0.5, 0.6) is 11.5 Å². The van der Waals surface area contributed by atoms with Gasteiger partial charge in [-0.25, -0.2) is 4.79 Å². The number of anilines is 1. The normalized spacial score (nSPS) is 11.6. The lowest BCUT2D eigenvalue weighted by atomic mass is 10.1. The maximum atomic E-state index is 11.9. The highest BCUT2D eigenvalue weighted by Crippen LogP contribution is 2.33. The Kier molecular flexibility index (Phi) is 5.94. The van der Waals surface area contributed by atoms with Crippen molar-refractivity contribution >= 4 is 17.6 Å². The molecule has 8 heteroatoms. The van der Waals surface area contributed by atoms with E-state index < -0.39 is 17.9 Å². The van der Waals surface area contributed by atoms with E-state index in [4.69, 9.17) is 19.9 Å². The first kappa shape index (κ1) is 16.7. The van der Waals surface area contributed by atoms with Crippen molar-refractivity contribution in [2.24, 2.45) is 5.73 Å². The molecule has 0 saturated heterocycles. The average molecular weight is 298 g/mol. The molecule has 0 saturated carbocycles. The summed E-state index contributed by atoms with van der Waals surface area (Å²) in [6.07, 6.45) is 0. The van der Waals surface area contributed by atoms with Crippen LogP contribution in [-0.4, -0.2) is 51.0 Å². The van der Waals surface area contributed by atoms with Crippen LogP contribution in [0.15, 0.2) is 12.1 Å². The molecule has 0 radical (unpaired) electrons. The number of carbonyl (C=O) groups excluding carboxylic acids is 1. The van der Waals surface area contributed by atoms with Gasteiger partial charge in [-0.3, -0.25) is 4.79 Å². The Hall–Kier alpha value is -2.32. The van der Waals surface area contributed by atoms with Crippen LogP contribution in [0.1, 0.15) is 10.4 Å². The summed E-state index contributed by atoms with van der Waals surface area (Å²) < 4.78 is 14.9. The zero-order valence-electron chi connectivity index (χ0n) is 12.0. The second kappa shape index (κ2) is 7.46. The number of aromatic carboxylic acids is 1. The van der Waals surface area contributed by atoms with Crippen LogP contribution in [0.3, 0.4) is 0 Å². The molecule has 0 bridgehead atoms. The second-order valence-corrected chi connectivity index (χ2v) is 4.11. The summed E-state index contributed by atoms with van der Waals surface area (Å²) in [5, 5.41) is 11.6. The Morgan fingerprint density at radius 1 is 1.24 bits per heavy atom. The molecule has 0 heterocycles. The minimum absolute atomic E-state index is 0.0154. The van der Waals surface area contributed by atoms with Gasteiger partial charge in [0.05, 0.1) is 32.1 Å². The molecule has 0 spiro atoms. The molecule has 0 fully saturated rings. The third-order valence-electron chi connectivity index (χ3n) is 2.69. The molecule has 0 aliphatic carbocycles. The SMILES string of the molecule is COCC(N)C(=O)Nc1cc(OC)c(OC)cc1C(=O)O. The molecule has 0 aliphatic rings. The van der Waals surface area contributed by atoms with Crippen LogP contribution in [-0.2, 0) is 9.53 Å². The fourth-order valence-electron chi connectivity index (χ4n) is 1.64. The van der Waals surface area contributed by atoms with Gasteiger partial charge in [-0.15, -0.1) is 0 Å². The summed E-state index contributed by atoms with van der Waals surface area (Å²) >= 11 is 0. The molecule has 0 aromatic heterocycles. The van der Waals surface area contributed by atoms with Gasteiger partial charge in [0.2, 0.25) is 5.91 Å². The molecular formula is C13H18N2O6. The third kappa shape index (κ3) is 4.07. The van der Waals surface area contributed by atoms with E-state index in [1.54, 1.807) is 0 Å². The summed E-state index contributed by atoms with van der Waals surface area (Å²) in [5.41, 5.74) is 5.52. The zero-order chi connectivity index (χ0) is 16.0. The van der Waals surface area contributed by atoms with Crippen molar-refractivity contribution in [3.8, 4) is 11.5 Å². The van der Waals surface area contributed by atoms with Crippen molar-refractivity contribution in [3.63, 3.8) is 0 Å². The highest BCUT2D eigenvalue weighted by molar-refractivity contribution is 6.02.